The zero-order valence-electron chi connectivity index (χ0n) is 17.4. The van der Waals surface area contributed by atoms with Gasteiger partial charge in [-0.3, -0.25) is 9.69 Å². The molecule has 28 heavy (non-hydrogen) atoms. The molecule has 3 fully saturated rings. The highest BCUT2D eigenvalue weighted by Gasteiger charge is 2.40. The van der Waals surface area contributed by atoms with Crippen LogP contribution < -0.4 is 11.1 Å². The summed E-state index contributed by atoms with van der Waals surface area (Å²) in [6.07, 6.45) is 12.3. The third-order valence-electron chi connectivity index (χ3n) is 7.68. The monoisotopic (exact) mass is 383 g/mol. The Hall–Kier alpha value is -1.39. The Morgan fingerprint density at radius 2 is 1.71 bits per heavy atom. The van der Waals surface area contributed by atoms with Crippen LogP contribution in [0.2, 0.25) is 0 Å². The van der Waals surface area contributed by atoms with Crippen molar-refractivity contribution in [2.45, 2.75) is 82.8 Å². The van der Waals surface area contributed by atoms with Crippen molar-refractivity contribution < 1.29 is 4.79 Å². The fourth-order valence-electron chi connectivity index (χ4n) is 5.94. The molecule has 1 amide bonds. The lowest BCUT2D eigenvalue weighted by molar-refractivity contribution is -0.122. The number of nitrogens with two attached hydrogens (primary N) is 1. The van der Waals surface area contributed by atoms with Crippen LogP contribution in [-0.2, 0) is 11.3 Å². The van der Waals surface area contributed by atoms with Gasteiger partial charge in [-0.2, -0.15) is 0 Å². The van der Waals surface area contributed by atoms with Gasteiger partial charge in [0, 0.05) is 30.2 Å². The molecule has 2 unspecified atom stereocenters. The van der Waals surface area contributed by atoms with Gasteiger partial charge < -0.3 is 11.1 Å². The second-order valence-electron chi connectivity index (χ2n) is 9.55. The number of amides is 1. The van der Waals surface area contributed by atoms with Crippen LogP contribution in [0.5, 0.6) is 0 Å². The van der Waals surface area contributed by atoms with Crippen LogP contribution in [0.4, 0.5) is 5.69 Å². The first-order valence-corrected chi connectivity index (χ1v) is 11.5. The predicted molar refractivity (Wildman–Crippen MR) is 115 cm³/mol. The lowest BCUT2D eigenvalue weighted by Gasteiger charge is -2.43. The number of carbonyl (C=O) groups is 1. The first-order chi connectivity index (χ1) is 13.6. The molecule has 1 aromatic rings. The highest BCUT2D eigenvalue weighted by Crippen LogP contribution is 2.42. The summed E-state index contributed by atoms with van der Waals surface area (Å²) in [6, 6.07) is 9.35. The number of hydrogen-bond acceptors (Lipinski definition) is 3. The Bertz CT molecular complexity index is 656. The van der Waals surface area contributed by atoms with Gasteiger partial charge in [-0.05, 0) is 69.0 Å². The van der Waals surface area contributed by atoms with E-state index in [0.29, 0.717) is 23.9 Å². The number of nitrogens with one attached hydrogen (secondary N) is 1. The van der Waals surface area contributed by atoms with Gasteiger partial charge in [-0.15, -0.1) is 0 Å². The van der Waals surface area contributed by atoms with Crippen molar-refractivity contribution in [3.05, 3.63) is 29.8 Å². The molecule has 3 N–H and O–H groups in total. The van der Waals surface area contributed by atoms with Crippen LogP contribution in [0.1, 0.15) is 69.8 Å². The summed E-state index contributed by atoms with van der Waals surface area (Å²) in [4.78, 5) is 15.6. The van der Waals surface area contributed by atoms with E-state index in [1.807, 2.05) is 6.07 Å². The number of para-hydroxylation sites is 1. The Kier molecular flexibility index (Phi) is 6.37. The molecule has 4 nitrogen and oxygen atoms in total. The first-order valence-electron chi connectivity index (χ1n) is 11.5. The quantitative estimate of drug-likeness (QED) is 0.784. The number of anilines is 1. The van der Waals surface area contributed by atoms with Crippen LogP contribution in [-0.4, -0.2) is 29.9 Å². The summed E-state index contributed by atoms with van der Waals surface area (Å²) in [7, 11) is 2.23. The zero-order chi connectivity index (χ0) is 19.5. The Morgan fingerprint density at radius 3 is 2.43 bits per heavy atom. The summed E-state index contributed by atoms with van der Waals surface area (Å²) < 4.78 is 0. The van der Waals surface area contributed by atoms with Gasteiger partial charge in [0.05, 0.1) is 0 Å². The molecule has 0 heterocycles. The van der Waals surface area contributed by atoms with E-state index in [0.717, 1.165) is 25.1 Å². The smallest absolute Gasteiger partial charge is 0.227 e. The number of nitrogens with zero attached hydrogens (tertiary/aromatic N) is 1. The maximum atomic E-state index is 13.1. The van der Waals surface area contributed by atoms with E-state index in [1.165, 1.54) is 56.9 Å². The molecule has 0 aliphatic heterocycles. The maximum absolute atomic E-state index is 13.1. The second kappa shape index (κ2) is 8.96. The number of fused-ring (bicyclic) bond motifs is 2. The number of carbonyl (C=O) groups excluding carboxylic acids is 1. The summed E-state index contributed by atoms with van der Waals surface area (Å²) >= 11 is 0. The van der Waals surface area contributed by atoms with Crippen molar-refractivity contribution in [1.82, 2.24) is 4.90 Å². The minimum absolute atomic E-state index is 0.124. The van der Waals surface area contributed by atoms with Crippen molar-refractivity contribution in [2.75, 3.05) is 12.4 Å². The maximum Gasteiger partial charge on any atom is 0.227 e. The van der Waals surface area contributed by atoms with Gasteiger partial charge in [0.15, 0.2) is 0 Å². The average molecular weight is 384 g/mol. The second-order valence-corrected chi connectivity index (χ2v) is 9.55. The van der Waals surface area contributed by atoms with E-state index < -0.39 is 0 Å². The average Bonchev–Trinajstić information content (AvgIpc) is 2.70. The molecule has 0 spiro atoms. The Morgan fingerprint density at radius 1 is 1.04 bits per heavy atom. The Balaban J connectivity index is 1.40. The van der Waals surface area contributed by atoms with Crippen LogP contribution in [0.3, 0.4) is 0 Å². The number of rotatable bonds is 5. The van der Waals surface area contributed by atoms with Crippen molar-refractivity contribution >= 4 is 11.6 Å². The van der Waals surface area contributed by atoms with E-state index >= 15 is 0 Å². The predicted octanol–water partition coefficient (Wildman–Crippen LogP) is 4.54. The van der Waals surface area contributed by atoms with E-state index in [1.54, 1.807) is 0 Å². The topological polar surface area (TPSA) is 58.4 Å². The lowest BCUT2D eigenvalue weighted by Crippen LogP contribution is -2.48. The standard InChI is InChI=1S/C24H37N3O/c1-27(21-11-3-2-4-12-21)16-19-8-5-6-13-22(19)26-24(28)20-14-17-9-7-10-18(15-20)23(17)25/h5-6,8,13,17-18,20-21,23H,2-4,7,9-12,14-16,25H2,1H3,(H,26,28). The van der Waals surface area contributed by atoms with Crippen LogP contribution in [0.15, 0.2) is 24.3 Å². The van der Waals surface area contributed by atoms with Gasteiger partial charge in [-0.25, -0.2) is 0 Å². The van der Waals surface area contributed by atoms with E-state index in [2.05, 4.69) is 35.5 Å². The highest BCUT2D eigenvalue weighted by atomic mass is 16.1. The molecule has 3 aliphatic rings. The SMILES string of the molecule is CN(Cc1ccccc1NC(=O)C1CC2CCCC(C1)C2N)C1CCCCC1. The molecule has 0 radical (unpaired) electrons. The number of benzene rings is 1. The van der Waals surface area contributed by atoms with Crippen LogP contribution in [0.25, 0.3) is 0 Å². The van der Waals surface area contributed by atoms with E-state index in [4.69, 9.17) is 5.73 Å². The molecule has 3 saturated carbocycles. The molecule has 154 valence electrons. The van der Waals surface area contributed by atoms with Gasteiger partial charge in [0.25, 0.3) is 0 Å². The van der Waals surface area contributed by atoms with Gasteiger partial charge in [0.1, 0.15) is 0 Å². The molecule has 2 bridgehead atoms. The van der Waals surface area contributed by atoms with Gasteiger partial charge >= 0.3 is 0 Å². The first kappa shape index (κ1) is 19.9. The molecule has 0 aromatic heterocycles. The van der Waals surface area contributed by atoms with Gasteiger partial charge in [-0.1, -0.05) is 43.9 Å². The summed E-state index contributed by atoms with van der Waals surface area (Å²) in [5.41, 5.74) is 8.64. The molecule has 0 saturated heterocycles. The fourth-order valence-corrected chi connectivity index (χ4v) is 5.94. The normalized spacial score (nSPS) is 31.0. The molecule has 4 rings (SSSR count). The van der Waals surface area contributed by atoms with Gasteiger partial charge in [0.2, 0.25) is 5.91 Å². The van der Waals surface area contributed by atoms with Crippen molar-refractivity contribution in [3.8, 4) is 0 Å². The van der Waals surface area contributed by atoms with Crippen LogP contribution >= 0.6 is 0 Å². The largest absolute Gasteiger partial charge is 0.327 e. The highest BCUT2D eigenvalue weighted by molar-refractivity contribution is 5.93. The number of hydrogen-bond donors (Lipinski definition) is 2. The molecule has 2 atom stereocenters. The van der Waals surface area contributed by atoms with E-state index in [9.17, 15) is 4.79 Å². The molecular weight excluding hydrogens is 346 g/mol. The minimum atomic E-state index is 0.124. The molecular formula is C24H37N3O. The lowest BCUT2D eigenvalue weighted by atomic mass is 9.65. The minimum Gasteiger partial charge on any atom is -0.327 e. The summed E-state index contributed by atoms with van der Waals surface area (Å²) in [6.45, 7) is 0.905. The molecule has 1 aromatic carbocycles. The zero-order valence-corrected chi connectivity index (χ0v) is 17.4. The summed E-state index contributed by atoms with van der Waals surface area (Å²) in [5, 5.41) is 3.29. The third kappa shape index (κ3) is 4.44. The third-order valence-corrected chi connectivity index (χ3v) is 7.68. The van der Waals surface area contributed by atoms with Crippen molar-refractivity contribution in [2.24, 2.45) is 23.5 Å². The van der Waals surface area contributed by atoms with E-state index in [-0.39, 0.29) is 11.8 Å². The Labute approximate surface area is 170 Å². The molecule has 3 aliphatic carbocycles. The van der Waals surface area contributed by atoms with Crippen molar-refractivity contribution in [3.63, 3.8) is 0 Å². The fraction of sp³-hybridized carbons (Fsp3) is 0.708. The van der Waals surface area contributed by atoms with Crippen molar-refractivity contribution in [1.29, 1.82) is 0 Å². The summed E-state index contributed by atoms with van der Waals surface area (Å²) in [5.74, 6) is 1.41. The van der Waals surface area contributed by atoms with Crippen LogP contribution in [0, 0.1) is 17.8 Å². The molecule has 4 heteroatoms.